The number of nitrogens with one attached hydrogen (secondary N) is 8. The molecule has 0 aliphatic rings. The van der Waals surface area contributed by atoms with Crippen LogP contribution in [0.2, 0.25) is 0 Å². The van der Waals surface area contributed by atoms with Crippen molar-refractivity contribution in [3.8, 4) is 5.75 Å². The van der Waals surface area contributed by atoms with Crippen LogP contribution >= 0.6 is 25.3 Å². The molecule has 1 rings (SSSR count). The number of amides is 7. The number of guanidine groups is 1. The molecule has 0 saturated heterocycles. The molecule has 21 nitrogen and oxygen atoms in total. The molecule has 0 spiro atoms. The number of hydrogen-bond acceptors (Lipinski definition) is 13. The van der Waals surface area contributed by atoms with Gasteiger partial charge in [-0.05, 0) is 68.0 Å². The monoisotopic (exact) mass is 869 g/mol. The third kappa shape index (κ3) is 20.3. The number of hydrogen-bond donors (Lipinski definition) is 15. The van der Waals surface area contributed by atoms with Gasteiger partial charge in [0.25, 0.3) is 0 Å². The Hall–Kier alpha value is -5.29. The van der Waals surface area contributed by atoms with Crippen LogP contribution in [0.5, 0.6) is 5.75 Å². The maximum absolute atomic E-state index is 13.8. The Morgan fingerprint density at radius 3 is 1.76 bits per heavy atom. The van der Waals surface area contributed by atoms with Gasteiger partial charge in [-0.15, -0.1) is 0 Å². The number of rotatable bonds is 28. The van der Waals surface area contributed by atoms with Gasteiger partial charge in [0.1, 0.15) is 42.0 Å². The maximum Gasteiger partial charge on any atom is 0.305 e. The van der Waals surface area contributed by atoms with E-state index in [9.17, 15) is 48.6 Å². The van der Waals surface area contributed by atoms with Crippen molar-refractivity contribution >= 4 is 78.5 Å². The number of carboxylic acids is 1. The van der Waals surface area contributed by atoms with Crippen LogP contribution in [0.4, 0.5) is 0 Å². The second kappa shape index (κ2) is 27.4. The number of primary amides is 1. The van der Waals surface area contributed by atoms with E-state index in [1.807, 2.05) is 0 Å². The summed E-state index contributed by atoms with van der Waals surface area (Å²) in [6.07, 6.45) is 0.131. The van der Waals surface area contributed by atoms with Gasteiger partial charge in [-0.25, -0.2) is 0 Å². The fraction of sp³-hybridized carbons (Fsp3) is 0.583. The third-order valence-corrected chi connectivity index (χ3v) is 9.25. The van der Waals surface area contributed by atoms with E-state index in [1.165, 1.54) is 24.3 Å². The first-order valence-corrected chi connectivity index (χ1v) is 20.2. The molecule has 1 aromatic carbocycles. The van der Waals surface area contributed by atoms with Crippen molar-refractivity contribution in [2.75, 3.05) is 24.6 Å². The largest absolute Gasteiger partial charge is 0.508 e. The average molecular weight is 870 g/mol. The number of carbonyl (C=O) groups excluding carboxylic acids is 7. The molecule has 1 aromatic rings. The topological polar surface area (TPSA) is 363 Å². The summed E-state index contributed by atoms with van der Waals surface area (Å²) in [4.78, 5) is 104. The Labute approximate surface area is 353 Å². The normalized spacial score (nSPS) is 13.9. The number of phenolic OH excluding ortho intramolecular Hbond substituents is 1. The van der Waals surface area contributed by atoms with E-state index >= 15 is 0 Å². The lowest BCUT2D eigenvalue weighted by Gasteiger charge is -2.28. The zero-order valence-corrected chi connectivity index (χ0v) is 34.9. The molecular formula is C36H59N11O10S2. The molecule has 6 atom stereocenters. The lowest BCUT2D eigenvalue weighted by molar-refractivity contribution is -0.141. The van der Waals surface area contributed by atoms with E-state index in [2.05, 4.69) is 62.5 Å². The van der Waals surface area contributed by atoms with E-state index in [1.54, 1.807) is 13.8 Å². The van der Waals surface area contributed by atoms with Crippen molar-refractivity contribution in [3.63, 3.8) is 0 Å². The lowest BCUT2D eigenvalue weighted by Crippen LogP contribution is -2.61. The molecule has 0 aliphatic carbocycles. The molecule has 0 saturated carbocycles. The minimum absolute atomic E-state index is 0.00152. The Balaban J connectivity index is 3.35. The second-order valence-corrected chi connectivity index (χ2v) is 14.7. The molecule has 23 heteroatoms. The Kier molecular flexibility index (Phi) is 24.0. The molecule has 59 heavy (non-hydrogen) atoms. The summed E-state index contributed by atoms with van der Waals surface area (Å²) in [5.74, 6) is -8.21. The standard InChI is InChI=1S/C36H59N11O10S2/c1-19(2)29(35(57)45-24(16-20-8-10-21(48)11-9-20)33(55)46-26(18-59)30(38)52)47-34(56)25(17-28(50)51)44-32(54)23(6-3-4-13-37)43-31(53)22(42-27(49)12-15-58)7-5-14-41-36(39)40/h8-11,19,22-26,29,48,58-59H,3-7,12-18,37H2,1-2H3,(H2,38,52)(H,42,49)(H,43,53)(H,44,54)(H,45,57)(H,46,55)(H,47,56)(H,50,51)(H4,39,40,41)/t22-,23-,24-,25-,26-,29-/m0/s1. The number of benzene rings is 1. The van der Waals surface area contributed by atoms with Crippen molar-refractivity contribution in [2.24, 2.45) is 23.1 Å². The first-order valence-electron chi connectivity index (χ1n) is 18.9. The number of carboxylic acid groups (broad SMARTS) is 1. The van der Waals surface area contributed by atoms with Gasteiger partial charge in [0.05, 0.1) is 6.42 Å². The molecule has 330 valence electrons. The number of carbonyl (C=O) groups is 8. The van der Waals surface area contributed by atoms with Gasteiger partial charge in [-0.2, -0.15) is 25.3 Å². The number of aliphatic carboxylic acids is 1. The van der Waals surface area contributed by atoms with Crippen LogP contribution < -0.4 is 54.4 Å². The van der Waals surface area contributed by atoms with Gasteiger partial charge in [-0.1, -0.05) is 26.0 Å². The number of nitrogens with two attached hydrogens (primary N) is 3. The summed E-state index contributed by atoms with van der Waals surface area (Å²) in [6, 6.07) is -2.36. The minimum atomic E-state index is -1.76. The molecule has 0 aliphatic heterocycles. The molecule has 0 unspecified atom stereocenters. The smallest absolute Gasteiger partial charge is 0.305 e. The summed E-state index contributed by atoms with van der Waals surface area (Å²) in [6.45, 7) is 3.61. The SMILES string of the molecule is CC(C)[C@H](NC(=O)[C@H](CC(=O)O)NC(=O)[C@H](CCCCN)NC(=O)[C@H](CCCNC(=N)N)NC(=O)CCS)C(=O)N[C@@H](Cc1ccc(O)cc1)C(=O)N[C@@H](CS)C(N)=O. The van der Waals surface area contributed by atoms with E-state index in [0.29, 0.717) is 24.8 Å². The van der Waals surface area contributed by atoms with E-state index in [-0.39, 0.29) is 62.0 Å². The third-order valence-electron chi connectivity index (χ3n) is 8.67. The van der Waals surface area contributed by atoms with Crippen molar-refractivity contribution in [1.82, 2.24) is 37.2 Å². The van der Waals surface area contributed by atoms with Gasteiger partial charge in [0.2, 0.25) is 41.4 Å². The first-order chi connectivity index (χ1) is 27.8. The van der Waals surface area contributed by atoms with Gasteiger partial charge in [-0.3, -0.25) is 43.8 Å². The highest BCUT2D eigenvalue weighted by atomic mass is 32.1. The van der Waals surface area contributed by atoms with Gasteiger partial charge < -0.3 is 64.6 Å². The molecule has 0 aromatic heterocycles. The van der Waals surface area contributed by atoms with Crippen LogP contribution in [0.3, 0.4) is 0 Å². The van der Waals surface area contributed by atoms with Crippen LogP contribution in [-0.4, -0.2) is 124 Å². The van der Waals surface area contributed by atoms with Crippen LogP contribution in [0.25, 0.3) is 0 Å². The molecule has 0 heterocycles. The Morgan fingerprint density at radius 1 is 0.712 bits per heavy atom. The molecular weight excluding hydrogens is 811 g/mol. The van der Waals surface area contributed by atoms with Crippen molar-refractivity contribution < 1.29 is 48.6 Å². The summed E-state index contributed by atoms with van der Waals surface area (Å²) in [5, 5.41) is 44.3. The molecule has 16 N–H and O–H groups in total. The Morgan fingerprint density at radius 2 is 1.24 bits per heavy atom. The van der Waals surface area contributed by atoms with Gasteiger partial charge >= 0.3 is 5.97 Å². The number of thiol groups is 2. The minimum Gasteiger partial charge on any atom is -0.508 e. The van der Waals surface area contributed by atoms with E-state index in [4.69, 9.17) is 22.6 Å². The van der Waals surface area contributed by atoms with E-state index < -0.39 is 95.9 Å². The summed E-state index contributed by atoms with van der Waals surface area (Å²) < 4.78 is 0. The van der Waals surface area contributed by atoms with Crippen LogP contribution in [0, 0.1) is 11.3 Å². The van der Waals surface area contributed by atoms with Gasteiger partial charge in [0.15, 0.2) is 5.96 Å². The van der Waals surface area contributed by atoms with Crippen molar-refractivity contribution in [1.29, 1.82) is 5.41 Å². The average Bonchev–Trinajstić information content (AvgIpc) is 3.16. The first kappa shape index (κ1) is 51.7. The molecule has 0 radical (unpaired) electrons. The second-order valence-electron chi connectivity index (χ2n) is 13.9. The summed E-state index contributed by atoms with van der Waals surface area (Å²) in [7, 11) is 0. The van der Waals surface area contributed by atoms with Crippen LogP contribution in [0.15, 0.2) is 24.3 Å². The fourth-order valence-electron chi connectivity index (χ4n) is 5.46. The lowest BCUT2D eigenvalue weighted by atomic mass is 10.00. The highest BCUT2D eigenvalue weighted by Gasteiger charge is 2.35. The highest BCUT2D eigenvalue weighted by molar-refractivity contribution is 7.80. The quantitative estimate of drug-likeness (QED) is 0.0174. The van der Waals surface area contributed by atoms with Crippen molar-refractivity contribution in [2.45, 2.75) is 101 Å². The molecule has 7 amide bonds. The predicted molar refractivity (Wildman–Crippen MR) is 224 cm³/mol. The van der Waals surface area contributed by atoms with E-state index in [0.717, 1.165) is 0 Å². The van der Waals surface area contributed by atoms with Crippen LogP contribution in [-0.2, 0) is 44.8 Å². The number of phenols is 1. The zero-order valence-electron chi connectivity index (χ0n) is 33.1. The number of unbranched alkanes of at least 4 members (excludes halogenated alkanes) is 1. The number of aromatic hydroxyl groups is 1. The summed E-state index contributed by atoms with van der Waals surface area (Å²) in [5.41, 5.74) is 16.8. The fourth-order valence-corrected chi connectivity index (χ4v) is 5.94. The Bertz CT molecular complexity index is 1600. The molecule has 0 bridgehead atoms. The molecule has 0 fully saturated rings. The summed E-state index contributed by atoms with van der Waals surface area (Å²) >= 11 is 8.08. The van der Waals surface area contributed by atoms with Crippen molar-refractivity contribution in [3.05, 3.63) is 29.8 Å². The zero-order chi connectivity index (χ0) is 44.7. The maximum atomic E-state index is 13.8. The van der Waals surface area contributed by atoms with Crippen LogP contribution in [0.1, 0.15) is 64.4 Å². The predicted octanol–water partition coefficient (Wildman–Crippen LogP) is -2.90. The highest BCUT2D eigenvalue weighted by Crippen LogP contribution is 2.13. The van der Waals surface area contributed by atoms with Gasteiger partial charge in [0, 0.05) is 25.1 Å².